The van der Waals surface area contributed by atoms with Crippen molar-refractivity contribution >= 4 is 33.0 Å². The van der Waals surface area contributed by atoms with E-state index in [0.29, 0.717) is 12.5 Å². The van der Waals surface area contributed by atoms with Gasteiger partial charge in [0.15, 0.2) is 5.78 Å². The van der Waals surface area contributed by atoms with Crippen LogP contribution in [0.1, 0.15) is 29.9 Å². The van der Waals surface area contributed by atoms with Crippen LogP contribution in [0.25, 0.3) is 0 Å². The molecule has 0 saturated carbocycles. The first-order valence-corrected chi connectivity index (χ1v) is 7.68. The molecule has 2 heterocycles. The van der Waals surface area contributed by atoms with Crippen molar-refractivity contribution in [1.29, 1.82) is 0 Å². The molecule has 0 radical (unpaired) electrons. The zero-order valence-electron chi connectivity index (χ0n) is 10.3. The number of piperidine rings is 1. The Labute approximate surface area is 115 Å². The van der Waals surface area contributed by atoms with Crippen molar-refractivity contribution in [1.82, 2.24) is 4.90 Å². The zero-order chi connectivity index (χ0) is 12.4. The summed E-state index contributed by atoms with van der Waals surface area (Å²) in [5.41, 5.74) is 0. The van der Waals surface area contributed by atoms with Gasteiger partial charge in [0.2, 0.25) is 0 Å². The van der Waals surface area contributed by atoms with E-state index in [0.717, 1.165) is 27.7 Å². The third-order valence-electron chi connectivity index (χ3n) is 3.63. The molecule has 0 amide bonds. The van der Waals surface area contributed by atoms with Gasteiger partial charge >= 0.3 is 0 Å². The van der Waals surface area contributed by atoms with E-state index in [1.807, 2.05) is 12.1 Å². The van der Waals surface area contributed by atoms with Crippen LogP contribution in [-0.2, 0) is 0 Å². The Morgan fingerprint density at radius 2 is 2.24 bits per heavy atom. The maximum Gasteiger partial charge on any atom is 0.186 e. The molecule has 1 aromatic heterocycles. The molecule has 2 rings (SSSR count). The number of halogens is 1. The summed E-state index contributed by atoms with van der Waals surface area (Å²) in [6, 6.07) is 3.85. The molecule has 2 unspecified atom stereocenters. The molecule has 1 aliphatic rings. The van der Waals surface area contributed by atoms with Crippen LogP contribution in [0, 0.1) is 11.8 Å². The average Bonchev–Trinajstić information content (AvgIpc) is 2.70. The van der Waals surface area contributed by atoms with Crippen LogP contribution in [0.4, 0.5) is 0 Å². The summed E-state index contributed by atoms with van der Waals surface area (Å²) in [6.45, 7) is 7.27. The lowest BCUT2D eigenvalue weighted by Crippen LogP contribution is -2.41. The molecule has 1 saturated heterocycles. The van der Waals surface area contributed by atoms with Gasteiger partial charge in [-0.25, -0.2) is 0 Å². The molecule has 0 aromatic carbocycles. The third kappa shape index (κ3) is 3.39. The van der Waals surface area contributed by atoms with Gasteiger partial charge in [0.25, 0.3) is 0 Å². The Bertz CT molecular complexity index is 404. The van der Waals surface area contributed by atoms with Crippen LogP contribution in [0.3, 0.4) is 0 Å². The Balaban J connectivity index is 1.91. The number of hydrogen-bond donors (Lipinski definition) is 0. The molecule has 1 aliphatic heterocycles. The summed E-state index contributed by atoms with van der Waals surface area (Å²) in [6.07, 6.45) is 1.21. The van der Waals surface area contributed by atoms with Gasteiger partial charge in [-0.2, -0.15) is 0 Å². The molecule has 4 heteroatoms. The van der Waals surface area contributed by atoms with Crippen molar-refractivity contribution in [3.63, 3.8) is 0 Å². The molecule has 2 atom stereocenters. The fourth-order valence-corrected chi connectivity index (χ4v) is 3.55. The first-order chi connectivity index (χ1) is 8.06. The quantitative estimate of drug-likeness (QED) is 0.793. The Morgan fingerprint density at radius 1 is 1.47 bits per heavy atom. The van der Waals surface area contributed by atoms with Gasteiger partial charge in [-0.3, -0.25) is 9.69 Å². The van der Waals surface area contributed by atoms with E-state index in [1.54, 1.807) is 0 Å². The van der Waals surface area contributed by atoms with E-state index in [2.05, 4.69) is 34.7 Å². The van der Waals surface area contributed by atoms with Crippen molar-refractivity contribution < 1.29 is 4.79 Å². The van der Waals surface area contributed by atoms with Crippen molar-refractivity contribution in [2.45, 2.75) is 20.3 Å². The van der Waals surface area contributed by atoms with Crippen LogP contribution in [0.15, 0.2) is 15.9 Å². The topological polar surface area (TPSA) is 20.3 Å². The van der Waals surface area contributed by atoms with Crippen molar-refractivity contribution in [3.8, 4) is 0 Å². The molecule has 1 fully saturated rings. The smallest absolute Gasteiger partial charge is 0.186 e. The second-order valence-electron chi connectivity index (χ2n) is 5.01. The predicted octanol–water partition coefficient (Wildman–Crippen LogP) is 3.67. The van der Waals surface area contributed by atoms with Crippen LogP contribution >= 0.6 is 27.3 Å². The number of Topliss-reactive ketones (excluding diaryl/α,β-unsaturated/α-hetero) is 1. The van der Waals surface area contributed by atoms with E-state index in [1.165, 1.54) is 17.8 Å². The molecule has 17 heavy (non-hydrogen) atoms. The summed E-state index contributed by atoms with van der Waals surface area (Å²) >= 11 is 4.92. The number of hydrogen-bond acceptors (Lipinski definition) is 3. The molecule has 2 nitrogen and oxygen atoms in total. The minimum absolute atomic E-state index is 0.252. The second kappa shape index (κ2) is 5.63. The maximum absolute atomic E-state index is 12.1. The standard InChI is InChI=1S/C13H18BrNOS/c1-9-5-6-15(7-10(9)2)8-11(16)12-3-4-13(14)17-12/h3-4,9-10H,5-8H2,1-2H3. The highest BCUT2D eigenvalue weighted by molar-refractivity contribution is 9.11. The Kier molecular flexibility index (Phi) is 4.39. The summed E-state index contributed by atoms with van der Waals surface area (Å²) in [5, 5.41) is 0. The number of ketones is 1. The lowest BCUT2D eigenvalue weighted by atomic mass is 9.88. The summed E-state index contributed by atoms with van der Waals surface area (Å²) in [5.74, 6) is 1.74. The Hall–Kier alpha value is -0.190. The summed E-state index contributed by atoms with van der Waals surface area (Å²) in [7, 11) is 0. The number of nitrogens with zero attached hydrogens (tertiary/aromatic N) is 1. The second-order valence-corrected chi connectivity index (χ2v) is 7.47. The van der Waals surface area contributed by atoms with Crippen molar-refractivity contribution in [2.75, 3.05) is 19.6 Å². The number of likely N-dealkylation sites (tertiary alicyclic amines) is 1. The monoisotopic (exact) mass is 315 g/mol. The fraction of sp³-hybridized carbons (Fsp3) is 0.615. The average molecular weight is 316 g/mol. The van der Waals surface area contributed by atoms with Crippen molar-refractivity contribution in [3.05, 3.63) is 20.8 Å². The zero-order valence-corrected chi connectivity index (χ0v) is 12.7. The van der Waals surface area contributed by atoms with E-state index < -0.39 is 0 Å². The maximum atomic E-state index is 12.1. The summed E-state index contributed by atoms with van der Waals surface area (Å²) < 4.78 is 1.03. The largest absolute Gasteiger partial charge is 0.295 e. The predicted molar refractivity (Wildman–Crippen MR) is 75.7 cm³/mol. The van der Waals surface area contributed by atoms with E-state index in [9.17, 15) is 4.79 Å². The van der Waals surface area contributed by atoms with Crippen LogP contribution in [0.5, 0.6) is 0 Å². The number of carbonyl (C=O) groups excluding carboxylic acids is 1. The SMILES string of the molecule is CC1CCN(CC(=O)c2ccc(Br)s2)CC1C. The molecule has 0 bridgehead atoms. The highest BCUT2D eigenvalue weighted by Gasteiger charge is 2.24. The van der Waals surface area contributed by atoms with Crippen LogP contribution in [-0.4, -0.2) is 30.3 Å². The normalized spacial score (nSPS) is 26.1. The molecular formula is C13H18BrNOS. The van der Waals surface area contributed by atoms with Gasteiger partial charge in [0.1, 0.15) is 0 Å². The van der Waals surface area contributed by atoms with Crippen LogP contribution < -0.4 is 0 Å². The molecular weight excluding hydrogens is 298 g/mol. The van der Waals surface area contributed by atoms with Crippen LogP contribution in [0.2, 0.25) is 0 Å². The molecule has 1 aromatic rings. The van der Waals surface area contributed by atoms with Gasteiger partial charge in [0, 0.05) is 6.54 Å². The lowest BCUT2D eigenvalue weighted by molar-refractivity contribution is 0.0853. The number of carbonyl (C=O) groups is 1. The minimum atomic E-state index is 0.252. The highest BCUT2D eigenvalue weighted by Crippen LogP contribution is 2.25. The molecule has 94 valence electrons. The highest BCUT2D eigenvalue weighted by atomic mass is 79.9. The van der Waals surface area contributed by atoms with Gasteiger partial charge in [0.05, 0.1) is 15.2 Å². The summed E-state index contributed by atoms with van der Waals surface area (Å²) in [4.78, 5) is 15.2. The first-order valence-electron chi connectivity index (χ1n) is 6.07. The Morgan fingerprint density at radius 3 is 2.82 bits per heavy atom. The van der Waals surface area contributed by atoms with Gasteiger partial charge in [-0.15, -0.1) is 11.3 Å². The molecule has 0 spiro atoms. The van der Waals surface area contributed by atoms with Gasteiger partial charge in [-0.1, -0.05) is 13.8 Å². The van der Waals surface area contributed by atoms with E-state index >= 15 is 0 Å². The van der Waals surface area contributed by atoms with Gasteiger partial charge in [-0.05, 0) is 52.9 Å². The van der Waals surface area contributed by atoms with E-state index in [4.69, 9.17) is 0 Å². The third-order valence-corrected chi connectivity index (χ3v) is 5.30. The molecule has 0 aliphatic carbocycles. The lowest BCUT2D eigenvalue weighted by Gasteiger charge is -2.34. The first kappa shape index (κ1) is 13.2. The molecule has 0 N–H and O–H groups in total. The fourth-order valence-electron chi connectivity index (χ4n) is 2.24. The van der Waals surface area contributed by atoms with E-state index in [-0.39, 0.29) is 5.78 Å². The number of rotatable bonds is 3. The number of thiophene rings is 1. The minimum Gasteiger partial charge on any atom is -0.295 e. The van der Waals surface area contributed by atoms with Crippen molar-refractivity contribution in [2.24, 2.45) is 11.8 Å². The van der Waals surface area contributed by atoms with Gasteiger partial charge < -0.3 is 0 Å².